The summed E-state index contributed by atoms with van der Waals surface area (Å²) >= 11 is 0. The number of primary amides is 1. The van der Waals surface area contributed by atoms with Crippen molar-refractivity contribution in [3.05, 3.63) is 58.3 Å². The van der Waals surface area contributed by atoms with Crippen molar-refractivity contribution in [3.8, 4) is 17.2 Å². The van der Waals surface area contributed by atoms with Crippen molar-refractivity contribution in [3.63, 3.8) is 0 Å². The van der Waals surface area contributed by atoms with Gasteiger partial charge in [-0.1, -0.05) is 0 Å². The molecule has 27 heavy (non-hydrogen) atoms. The van der Waals surface area contributed by atoms with E-state index < -0.39 is 5.91 Å². The first-order valence-corrected chi connectivity index (χ1v) is 8.65. The van der Waals surface area contributed by atoms with E-state index in [0.717, 1.165) is 23.1 Å². The number of pyridine rings is 2. The maximum atomic E-state index is 12.1. The topological polar surface area (TPSA) is 118 Å². The number of aromatic amines is 1. The second-order valence-corrected chi connectivity index (χ2v) is 6.75. The number of carbonyl (C=O) groups is 1. The smallest absolute Gasteiger partial charge is 0.259 e. The SMILES string of the molecule is N#C/C(=C\c1c[nH]c2ncc(-c3ccc(=O)n(CC4CC4)c3)cc12)C(N)=O. The van der Waals surface area contributed by atoms with E-state index in [1.165, 1.54) is 18.9 Å². The summed E-state index contributed by atoms with van der Waals surface area (Å²) in [5.74, 6) is -0.179. The van der Waals surface area contributed by atoms with Crippen LogP contribution in [-0.4, -0.2) is 20.4 Å². The molecule has 0 aliphatic heterocycles. The van der Waals surface area contributed by atoms with Crippen LogP contribution in [0.1, 0.15) is 18.4 Å². The zero-order valence-electron chi connectivity index (χ0n) is 14.5. The summed E-state index contributed by atoms with van der Waals surface area (Å²) in [4.78, 5) is 30.8. The van der Waals surface area contributed by atoms with Gasteiger partial charge < -0.3 is 15.3 Å². The first kappa shape index (κ1) is 16.8. The summed E-state index contributed by atoms with van der Waals surface area (Å²) < 4.78 is 1.75. The number of nitrogens with one attached hydrogen (secondary N) is 1. The fraction of sp³-hybridized carbons (Fsp3) is 0.200. The average molecular weight is 359 g/mol. The lowest BCUT2D eigenvalue weighted by atomic mass is 10.1. The highest BCUT2D eigenvalue weighted by Gasteiger charge is 2.22. The maximum Gasteiger partial charge on any atom is 0.259 e. The van der Waals surface area contributed by atoms with Crippen LogP contribution in [0.2, 0.25) is 0 Å². The van der Waals surface area contributed by atoms with Gasteiger partial charge in [0.05, 0.1) is 0 Å². The molecule has 1 saturated carbocycles. The summed E-state index contributed by atoms with van der Waals surface area (Å²) in [6.07, 6.45) is 9.05. The van der Waals surface area contributed by atoms with Crippen LogP contribution in [-0.2, 0) is 11.3 Å². The maximum absolute atomic E-state index is 12.1. The van der Waals surface area contributed by atoms with Crippen molar-refractivity contribution >= 4 is 23.0 Å². The first-order chi connectivity index (χ1) is 13.0. The largest absolute Gasteiger partial charge is 0.365 e. The highest BCUT2D eigenvalue weighted by Crippen LogP contribution is 2.31. The number of aromatic nitrogens is 3. The molecule has 0 bridgehead atoms. The first-order valence-electron chi connectivity index (χ1n) is 8.65. The van der Waals surface area contributed by atoms with Crippen LogP contribution < -0.4 is 11.3 Å². The predicted molar refractivity (Wildman–Crippen MR) is 101 cm³/mol. The van der Waals surface area contributed by atoms with Gasteiger partial charge in [0.2, 0.25) is 0 Å². The molecule has 3 heterocycles. The molecular formula is C20H17N5O2. The van der Waals surface area contributed by atoms with Crippen LogP contribution in [0.3, 0.4) is 0 Å². The summed E-state index contributed by atoms with van der Waals surface area (Å²) in [7, 11) is 0. The molecule has 134 valence electrons. The van der Waals surface area contributed by atoms with Crippen LogP contribution in [0.25, 0.3) is 28.2 Å². The Labute approximate surface area is 154 Å². The van der Waals surface area contributed by atoms with Gasteiger partial charge >= 0.3 is 0 Å². The van der Waals surface area contributed by atoms with Gasteiger partial charge in [0.15, 0.2) is 0 Å². The predicted octanol–water partition coefficient (Wildman–Crippen LogP) is 2.19. The quantitative estimate of drug-likeness (QED) is 0.536. The van der Waals surface area contributed by atoms with Gasteiger partial charge in [-0.25, -0.2) is 4.98 Å². The standard InChI is InChI=1S/C20H17N5O2/c21-7-14(19(22)27)5-16-9-24-20-17(16)6-15(8-23-20)13-3-4-18(26)25(11-13)10-12-1-2-12/h3-6,8-9,11-12H,1-2,10H2,(H2,22,27)(H,23,24)/b14-5+. The van der Waals surface area contributed by atoms with E-state index >= 15 is 0 Å². The molecule has 1 aliphatic rings. The Kier molecular flexibility index (Phi) is 4.09. The molecule has 4 rings (SSSR count). The number of nitrogens with two attached hydrogens (primary N) is 1. The number of carbonyl (C=O) groups excluding carboxylic acids is 1. The van der Waals surface area contributed by atoms with Gasteiger partial charge in [-0.2, -0.15) is 5.26 Å². The normalized spacial score (nSPS) is 14.3. The molecule has 7 nitrogen and oxygen atoms in total. The summed E-state index contributed by atoms with van der Waals surface area (Å²) in [5.41, 5.74) is 8.10. The van der Waals surface area contributed by atoms with Crippen molar-refractivity contribution < 1.29 is 4.79 Å². The molecular weight excluding hydrogens is 342 g/mol. The minimum Gasteiger partial charge on any atom is -0.365 e. The van der Waals surface area contributed by atoms with Gasteiger partial charge in [0.1, 0.15) is 17.3 Å². The Bertz CT molecular complexity index is 1180. The van der Waals surface area contributed by atoms with E-state index in [9.17, 15) is 9.59 Å². The second kappa shape index (κ2) is 6.57. The van der Waals surface area contributed by atoms with Gasteiger partial charge in [-0.15, -0.1) is 0 Å². The molecule has 0 unspecified atom stereocenters. The lowest BCUT2D eigenvalue weighted by molar-refractivity contribution is -0.114. The van der Waals surface area contributed by atoms with E-state index in [4.69, 9.17) is 11.0 Å². The molecule has 3 aromatic rings. The second-order valence-electron chi connectivity index (χ2n) is 6.75. The van der Waals surface area contributed by atoms with Crippen molar-refractivity contribution in [1.82, 2.24) is 14.5 Å². The third kappa shape index (κ3) is 3.37. The number of nitrogens with zero attached hydrogens (tertiary/aromatic N) is 3. The van der Waals surface area contributed by atoms with Gasteiger partial charge in [-0.3, -0.25) is 9.59 Å². The molecule has 1 fully saturated rings. The van der Waals surface area contributed by atoms with E-state index in [0.29, 0.717) is 17.1 Å². The fourth-order valence-electron chi connectivity index (χ4n) is 3.04. The van der Waals surface area contributed by atoms with Crippen LogP contribution >= 0.6 is 0 Å². The number of rotatable bonds is 5. The Morgan fingerprint density at radius 1 is 1.41 bits per heavy atom. The lowest BCUT2D eigenvalue weighted by Crippen LogP contribution is -2.19. The molecule has 0 radical (unpaired) electrons. The number of H-pyrrole nitrogens is 1. The Hall–Kier alpha value is -3.66. The molecule has 0 atom stereocenters. The third-order valence-corrected chi connectivity index (χ3v) is 4.72. The molecule has 0 spiro atoms. The number of nitriles is 1. The van der Waals surface area contributed by atoms with Gasteiger partial charge in [-0.05, 0) is 42.5 Å². The fourth-order valence-corrected chi connectivity index (χ4v) is 3.04. The zero-order valence-corrected chi connectivity index (χ0v) is 14.5. The molecule has 3 aromatic heterocycles. The van der Waals surface area contributed by atoms with Crippen LogP contribution in [0.4, 0.5) is 0 Å². The molecule has 1 amide bonds. The van der Waals surface area contributed by atoms with Crippen LogP contribution in [0.15, 0.2) is 47.2 Å². The van der Waals surface area contributed by atoms with Crippen molar-refractivity contribution in [2.45, 2.75) is 19.4 Å². The third-order valence-electron chi connectivity index (χ3n) is 4.72. The number of hydrogen-bond donors (Lipinski definition) is 2. The van der Waals surface area contributed by atoms with E-state index in [2.05, 4.69) is 9.97 Å². The zero-order chi connectivity index (χ0) is 19.0. The Morgan fingerprint density at radius 3 is 2.93 bits per heavy atom. The minimum atomic E-state index is -0.775. The molecule has 3 N–H and O–H groups in total. The van der Waals surface area contributed by atoms with Gasteiger partial charge in [0, 0.05) is 47.7 Å². The molecule has 0 aromatic carbocycles. The summed E-state index contributed by atoms with van der Waals surface area (Å²) in [5, 5.41) is 9.82. The minimum absolute atomic E-state index is 0.00919. The summed E-state index contributed by atoms with van der Waals surface area (Å²) in [6.45, 7) is 0.741. The van der Waals surface area contributed by atoms with Crippen LogP contribution in [0, 0.1) is 17.2 Å². The van der Waals surface area contributed by atoms with E-state index in [1.54, 1.807) is 35.2 Å². The highest BCUT2D eigenvalue weighted by molar-refractivity contribution is 6.03. The van der Waals surface area contributed by atoms with Crippen molar-refractivity contribution in [1.29, 1.82) is 5.26 Å². The number of amides is 1. The number of fused-ring (bicyclic) bond motifs is 1. The summed E-state index contributed by atoms with van der Waals surface area (Å²) in [6, 6.07) is 7.07. The lowest BCUT2D eigenvalue weighted by Gasteiger charge is -2.08. The Balaban J connectivity index is 1.77. The monoisotopic (exact) mass is 359 g/mol. The van der Waals surface area contributed by atoms with E-state index in [1.807, 2.05) is 12.3 Å². The van der Waals surface area contributed by atoms with Crippen molar-refractivity contribution in [2.75, 3.05) is 0 Å². The number of hydrogen-bond acceptors (Lipinski definition) is 4. The average Bonchev–Trinajstić information content (AvgIpc) is 3.39. The van der Waals surface area contributed by atoms with Gasteiger partial charge in [0.25, 0.3) is 11.5 Å². The van der Waals surface area contributed by atoms with Crippen molar-refractivity contribution in [2.24, 2.45) is 11.7 Å². The van der Waals surface area contributed by atoms with Crippen LogP contribution in [0.5, 0.6) is 0 Å². The highest BCUT2D eigenvalue weighted by atomic mass is 16.1. The Morgan fingerprint density at radius 2 is 2.22 bits per heavy atom. The molecule has 1 aliphatic carbocycles. The van der Waals surface area contributed by atoms with E-state index in [-0.39, 0.29) is 11.1 Å². The molecule has 7 heteroatoms. The molecule has 0 saturated heterocycles.